The molecule has 0 amide bonds. The molecule has 2 aliphatic rings. The van der Waals surface area contributed by atoms with Crippen LogP contribution in [0.2, 0.25) is 0 Å². The molecule has 0 spiro atoms. The maximum Gasteiger partial charge on any atom is 0.231 e. The fraction of sp³-hybridized carbons (Fsp3) is 0.300. The molecular formula is C10H7NO2. The van der Waals surface area contributed by atoms with Crippen LogP contribution in [0.1, 0.15) is 17.0 Å². The number of fused-ring (bicyclic) bond motifs is 3. The van der Waals surface area contributed by atoms with Crippen molar-refractivity contribution >= 4 is 0 Å². The number of ether oxygens (including phenoxy) is 2. The van der Waals surface area contributed by atoms with Gasteiger partial charge in [-0.1, -0.05) is 6.07 Å². The first-order chi connectivity index (χ1) is 6.40. The summed E-state index contributed by atoms with van der Waals surface area (Å²) >= 11 is 0. The van der Waals surface area contributed by atoms with Gasteiger partial charge in [0, 0.05) is 5.56 Å². The van der Waals surface area contributed by atoms with Crippen molar-refractivity contribution in [2.75, 3.05) is 6.79 Å². The van der Waals surface area contributed by atoms with Gasteiger partial charge >= 0.3 is 0 Å². The molecule has 1 atom stereocenters. The van der Waals surface area contributed by atoms with E-state index in [1.165, 1.54) is 5.56 Å². The van der Waals surface area contributed by atoms with E-state index in [1.54, 1.807) is 0 Å². The molecule has 0 radical (unpaired) electrons. The zero-order chi connectivity index (χ0) is 8.84. The van der Waals surface area contributed by atoms with E-state index >= 15 is 0 Å². The Morgan fingerprint density at radius 1 is 1.38 bits per heavy atom. The molecule has 3 heteroatoms. The Morgan fingerprint density at radius 3 is 3.15 bits per heavy atom. The molecule has 3 nitrogen and oxygen atoms in total. The molecule has 1 aromatic rings. The first-order valence-electron chi connectivity index (χ1n) is 4.21. The summed E-state index contributed by atoms with van der Waals surface area (Å²) in [6.45, 7) is 0.282. The van der Waals surface area contributed by atoms with Crippen molar-refractivity contribution in [1.29, 1.82) is 5.26 Å². The van der Waals surface area contributed by atoms with E-state index < -0.39 is 0 Å². The van der Waals surface area contributed by atoms with Gasteiger partial charge in [0.15, 0.2) is 11.5 Å². The van der Waals surface area contributed by atoms with Crippen molar-refractivity contribution in [3.05, 3.63) is 23.3 Å². The number of rotatable bonds is 0. The van der Waals surface area contributed by atoms with Crippen molar-refractivity contribution in [1.82, 2.24) is 0 Å². The number of hydrogen-bond acceptors (Lipinski definition) is 3. The van der Waals surface area contributed by atoms with Crippen LogP contribution in [0, 0.1) is 11.3 Å². The average Bonchev–Trinajstić information content (AvgIpc) is 2.52. The SMILES string of the molecule is N#CC1Cc2ccc3c(c21)OCO3. The second kappa shape index (κ2) is 2.17. The molecule has 1 aliphatic carbocycles. The van der Waals surface area contributed by atoms with E-state index in [0.29, 0.717) is 0 Å². The van der Waals surface area contributed by atoms with Crippen LogP contribution in [0.4, 0.5) is 0 Å². The second-order valence-electron chi connectivity index (χ2n) is 3.26. The summed E-state index contributed by atoms with van der Waals surface area (Å²) in [4.78, 5) is 0. The second-order valence-corrected chi connectivity index (χ2v) is 3.26. The minimum atomic E-state index is 0.00616. The molecule has 0 N–H and O–H groups in total. The van der Waals surface area contributed by atoms with Gasteiger partial charge < -0.3 is 9.47 Å². The van der Waals surface area contributed by atoms with Crippen LogP contribution in [0.5, 0.6) is 11.5 Å². The van der Waals surface area contributed by atoms with E-state index in [-0.39, 0.29) is 12.7 Å². The summed E-state index contributed by atoms with van der Waals surface area (Å²) < 4.78 is 10.5. The number of benzene rings is 1. The van der Waals surface area contributed by atoms with Gasteiger partial charge in [-0.05, 0) is 18.1 Å². The minimum absolute atomic E-state index is 0.00616. The molecule has 0 fully saturated rings. The lowest BCUT2D eigenvalue weighted by atomic mass is 9.78. The highest BCUT2D eigenvalue weighted by molar-refractivity contribution is 5.60. The summed E-state index contributed by atoms with van der Waals surface area (Å²) in [5.41, 5.74) is 2.26. The average molecular weight is 173 g/mol. The van der Waals surface area contributed by atoms with Gasteiger partial charge in [0.1, 0.15) is 0 Å². The van der Waals surface area contributed by atoms with Crippen molar-refractivity contribution in [2.45, 2.75) is 12.3 Å². The molecule has 1 heterocycles. The Kier molecular flexibility index (Phi) is 1.13. The van der Waals surface area contributed by atoms with Crippen LogP contribution in [-0.4, -0.2) is 6.79 Å². The zero-order valence-corrected chi connectivity index (χ0v) is 6.91. The van der Waals surface area contributed by atoms with Gasteiger partial charge in [-0.25, -0.2) is 0 Å². The van der Waals surface area contributed by atoms with E-state index in [9.17, 15) is 0 Å². The van der Waals surface area contributed by atoms with Gasteiger partial charge in [-0.3, -0.25) is 0 Å². The van der Waals surface area contributed by atoms with E-state index in [2.05, 4.69) is 6.07 Å². The first kappa shape index (κ1) is 6.79. The molecule has 1 unspecified atom stereocenters. The van der Waals surface area contributed by atoms with Gasteiger partial charge in [-0.2, -0.15) is 5.26 Å². The Morgan fingerprint density at radius 2 is 2.31 bits per heavy atom. The van der Waals surface area contributed by atoms with Crippen LogP contribution >= 0.6 is 0 Å². The van der Waals surface area contributed by atoms with E-state index in [0.717, 1.165) is 23.5 Å². The molecule has 13 heavy (non-hydrogen) atoms. The van der Waals surface area contributed by atoms with Crippen LogP contribution in [0.25, 0.3) is 0 Å². The minimum Gasteiger partial charge on any atom is -0.454 e. The molecule has 3 rings (SSSR count). The smallest absolute Gasteiger partial charge is 0.231 e. The molecule has 0 saturated carbocycles. The number of nitrogens with zero attached hydrogens (tertiary/aromatic N) is 1. The summed E-state index contributed by atoms with van der Waals surface area (Å²) in [7, 11) is 0. The maximum absolute atomic E-state index is 8.82. The lowest BCUT2D eigenvalue weighted by Gasteiger charge is -2.25. The summed E-state index contributed by atoms with van der Waals surface area (Å²) in [6, 6.07) is 6.17. The zero-order valence-electron chi connectivity index (χ0n) is 6.91. The molecule has 64 valence electrons. The van der Waals surface area contributed by atoms with Crippen LogP contribution in [0.3, 0.4) is 0 Å². The van der Waals surface area contributed by atoms with Gasteiger partial charge in [0.25, 0.3) is 0 Å². The predicted octanol–water partition coefficient (Wildman–Crippen LogP) is 1.58. The highest BCUT2D eigenvalue weighted by Crippen LogP contribution is 2.47. The topological polar surface area (TPSA) is 42.2 Å². The quantitative estimate of drug-likeness (QED) is 0.598. The molecule has 1 aromatic carbocycles. The molecule has 0 bridgehead atoms. The molecule has 0 aromatic heterocycles. The number of nitriles is 1. The Balaban J connectivity index is 2.20. The van der Waals surface area contributed by atoms with E-state index in [4.69, 9.17) is 14.7 Å². The molecule has 1 aliphatic heterocycles. The van der Waals surface area contributed by atoms with Crippen molar-refractivity contribution in [3.63, 3.8) is 0 Å². The standard InChI is InChI=1S/C10H7NO2/c11-4-7-3-6-1-2-8-10(9(6)7)13-5-12-8/h1-2,7H,3,5H2. The Hall–Kier alpha value is -1.69. The number of hydrogen-bond donors (Lipinski definition) is 0. The van der Waals surface area contributed by atoms with E-state index in [1.807, 2.05) is 12.1 Å². The van der Waals surface area contributed by atoms with Crippen molar-refractivity contribution in [2.24, 2.45) is 0 Å². The molecule has 0 saturated heterocycles. The predicted molar refractivity (Wildman–Crippen MR) is 44.6 cm³/mol. The van der Waals surface area contributed by atoms with Gasteiger partial charge in [0.2, 0.25) is 6.79 Å². The lowest BCUT2D eigenvalue weighted by Crippen LogP contribution is -2.15. The summed E-state index contributed by atoms with van der Waals surface area (Å²) in [5, 5.41) is 8.82. The van der Waals surface area contributed by atoms with Crippen molar-refractivity contribution in [3.8, 4) is 17.6 Å². The third-order valence-electron chi connectivity index (χ3n) is 2.60. The van der Waals surface area contributed by atoms with Crippen LogP contribution in [-0.2, 0) is 6.42 Å². The Labute approximate surface area is 75.5 Å². The highest BCUT2D eigenvalue weighted by atomic mass is 16.7. The summed E-state index contributed by atoms with van der Waals surface area (Å²) in [5.74, 6) is 1.57. The highest BCUT2D eigenvalue weighted by Gasteiger charge is 2.33. The van der Waals surface area contributed by atoms with Gasteiger partial charge in [-0.15, -0.1) is 0 Å². The lowest BCUT2D eigenvalue weighted by molar-refractivity contribution is 0.172. The third kappa shape index (κ3) is 0.726. The van der Waals surface area contributed by atoms with Crippen LogP contribution < -0.4 is 9.47 Å². The molecular weight excluding hydrogens is 166 g/mol. The monoisotopic (exact) mass is 173 g/mol. The normalized spacial score (nSPS) is 21.6. The van der Waals surface area contributed by atoms with Crippen molar-refractivity contribution < 1.29 is 9.47 Å². The van der Waals surface area contributed by atoms with Gasteiger partial charge in [0.05, 0.1) is 12.0 Å². The fourth-order valence-electron chi connectivity index (χ4n) is 1.90. The first-order valence-corrected chi connectivity index (χ1v) is 4.21. The van der Waals surface area contributed by atoms with Crippen LogP contribution in [0.15, 0.2) is 12.1 Å². The third-order valence-corrected chi connectivity index (χ3v) is 2.60. The largest absolute Gasteiger partial charge is 0.454 e. The maximum atomic E-state index is 8.82. The fourth-order valence-corrected chi connectivity index (χ4v) is 1.90. The Bertz CT molecular complexity index is 420. The summed E-state index contributed by atoms with van der Waals surface area (Å²) in [6.07, 6.45) is 0.850.